The molecule has 0 aliphatic carbocycles. The van der Waals surface area contributed by atoms with E-state index in [4.69, 9.17) is 39.8 Å². The van der Waals surface area contributed by atoms with E-state index in [0.29, 0.717) is 89.3 Å². The fraction of sp³-hybridized carbons (Fsp3) is 0.299. The fourth-order valence-corrected chi connectivity index (χ4v) is 12.4. The Hall–Kier alpha value is -9.64. The van der Waals surface area contributed by atoms with E-state index in [1.165, 1.54) is 24.3 Å². The molecule has 0 unspecified atom stereocenters. The van der Waals surface area contributed by atoms with Crippen LogP contribution >= 0.6 is 0 Å². The van der Waals surface area contributed by atoms with Crippen molar-refractivity contribution in [1.82, 2.24) is 0 Å². The maximum absolute atomic E-state index is 8.71. The number of nitrogens with zero attached hydrogens (tertiary/aromatic N) is 4. The molecule has 12 rings (SSSR count). The molecule has 0 N–H and O–H groups in total. The van der Waals surface area contributed by atoms with Crippen LogP contribution in [0.2, 0.25) is 0 Å². The maximum atomic E-state index is 8.71. The summed E-state index contributed by atoms with van der Waals surface area (Å²) in [6.45, 7) is 2.96. The van der Waals surface area contributed by atoms with Crippen LogP contribution in [-0.4, -0.2) is 0 Å². The highest BCUT2D eigenvalue weighted by molar-refractivity contribution is 5.81. The summed E-state index contributed by atoms with van der Waals surface area (Å²) in [5.41, 5.74) is 15.5. The van der Waals surface area contributed by atoms with Crippen LogP contribution in [0.25, 0.3) is 89.5 Å². The van der Waals surface area contributed by atoms with Crippen LogP contribution in [-0.2, 0) is 40.9 Å². The van der Waals surface area contributed by atoms with Gasteiger partial charge in [-0.15, -0.1) is 0 Å². The summed E-state index contributed by atoms with van der Waals surface area (Å²) in [6.07, 6.45) is 4.26. The number of pyridine rings is 4. The Kier molecular flexibility index (Phi) is 14.7. The summed E-state index contributed by atoms with van der Waals surface area (Å²) < 4.78 is 243. The molecular formula is C97H114N4+4. The van der Waals surface area contributed by atoms with Gasteiger partial charge < -0.3 is 0 Å². The third kappa shape index (κ3) is 18.5. The largest absolute Gasteiger partial charge is 0.212 e. The molecule has 0 bridgehead atoms. The molecule has 4 heteroatoms. The van der Waals surface area contributed by atoms with Gasteiger partial charge in [0, 0.05) is 111 Å². The maximum Gasteiger partial charge on any atom is 0.212 e. The molecule has 0 spiro atoms. The first-order valence-corrected chi connectivity index (χ1v) is 33.9. The highest BCUT2D eigenvalue weighted by Gasteiger charge is 2.23. The van der Waals surface area contributed by atoms with E-state index in [-0.39, 0.29) is 50.4 Å². The van der Waals surface area contributed by atoms with Crippen molar-refractivity contribution in [3.8, 4) is 89.5 Å². The first kappa shape index (κ1) is 45.3. The molecule has 101 heavy (non-hydrogen) atoms. The van der Waals surface area contributed by atoms with E-state index in [0.717, 1.165) is 44.8 Å². The van der Waals surface area contributed by atoms with Gasteiger partial charge >= 0.3 is 0 Å². The average molecular weight is 1370 g/mol. The van der Waals surface area contributed by atoms with Crippen LogP contribution in [0.5, 0.6) is 0 Å². The second-order valence-electron chi connectivity index (χ2n) is 27.6. The first-order valence-electron chi connectivity index (χ1n) is 48.4. The van der Waals surface area contributed by atoms with Gasteiger partial charge in [-0.3, -0.25) is 0 Å². The molecule has 4 aromatic heterocycles. The quantitative estimate of drug-likeness (QED) is 0.108. The highest BCUT2D eigenvalue weighted by atomic mass is 14.9. The molecule has 0 saturated heterocycles. The zero-order valence-corrected chi connectivity index (χ0v) is 61.2. The first-order chi connectivity index (χ1) is 59.4. The monoisotopic (exact) mass is 1360 g/mol. The van der Waals surface area contributed by atoms with E-state index in [1.807, 2.05) is 172 Å². The molecule has 0 radical (unpaired) electrons. The van der Waals surface area contributed by atoms with E-state index in [1.54, 1.807) is 152 Å². The zero-order chi connectivity index (χ0) is 97.8. The summed E-state index contributed by atoms with van der Waals surface area (Å²) in [6, 6.07) is 54.6. The minimum absolute atomic E-state index is 0.0827. The standard InChI is InChI=1S/C26H32N.C25H30N.C24H28N.C22H24N/c1-18-10-8-9-11-22(18)23-16-24(20(3)14-19(23)2)25-15-21(12-13-27(25)7)17-26(4,5)6;1-17(2)13-21-11-12-26(6)25(15-21)24-16-23(19(4)14-20(24)5)22-10-8-7-9-18(22)3;1-16(2)20-11-12-25(6)24(14-20)23-15-22(18(4)13-19(23)5)21-10-8-7-9-17(21)3;1-15-10-11-23(5)22(12-15)21-14-20(17(3)13-18(21)4)19-9-7-6-8-16(19)2/h8-16H,17H2,1-7H3;7-12,14-17H,13H2,1-6H3;7-16H,1-6H3;6-14H,1-5H3/q4*+1/i1D3,2D3,17D2;3D3,4D3,13D2;3D3,4D3,16D;2D3,3D3. The average Bonchev–Trinajstić information content (AvgIpc) is 0.758. The van der Waals surface area contributed by atoms with E-state index in [9.17, 15) is 0 Å². The molecular weight excluding hydrogens is 1220 g/mol. The number of aromatic nitrogens is 4. The van der Waals surface area contributed by atoms with E-state index < -0.39 is 78.9 Å². The van der Waals surface area contributed by atoms with Crippen LogP contribution in [0.4, 0.5) is 0 Å². The summed E-state index contributed by atoms with van der Waals surface area (Å²) in [5, 5.41) is 0. The Balaban J connectivity index is 0.000000196. The zero-order valence-electron chi connectivity index (χ0n) is 90.2. The van der Waals surface area contributed by atoms with Crippen molar-refractivity contribution in [1.29, 1.82) is 0 Å². The Morgan fingerprint density at radius 2 is 0.614 bits per heavy atom. The van der Waals surface area contributed by atoms with Crippen molar-refractivity contribution >= 4 is 0 Å². The van der Waals surface area contributed by atoms with Crippen molar-refractivity contribution in [2.24, 2.45) is 39.5 Å². The van der Waals surface area contributed by atoms with Crippen molar-refractivity contribution < 1.29 is 58.0 Å². The van der Waals surface area contributed by atoms with Crippen LogP contribution in [0, 0.1) is 101 Å². The molecule has 0 atom stereocenters. The number of rotatable bonds is 12. The normalized spacial score (nSPS) is 16.9. The van der Waals surface area contributed by atoms with Crippen LogP contribution in [0.3, 0.4) is 0 Å². The second kappa shape index (κ2) is 32.8. The summed E-state index contributed by atoms with van der Waals surface area (Å²) >= 11 is 0. The number of hydrogen-bond donors (Lipinski definition) is 0. The Bertz CT molecular complexity index is 6160. The minimum Gasteiger partial charge on any atom is -0.201 e. The SMILES string of the molecule is [2H]C([2H])([2H])c1ccccc1-c1cc(-c2cc(C([2H])(C)C)cc[n+]2C)c(C)cc1C([2H])([2H])[2H].[2H]C([2H])([2H])c1ccccc1-c1cc(-c2cc(C([2H])([2H])C(C)(C)C)cc[n+]2C)c(C)cc1C([2H])([2H])[2H].[2H]C([2H])([2H])c1ccccc1-c1cc(-c2cc(C([2H])([2H])C(C)C)cc[n+]2C)c(C)cc1C([2H])([2H])[2H].[2H]C([2H])([2H])c1ccccc1-c1cc(-c2cc(C)cc[n+]2C)c(C)cc1C([2H])([2H])[2H]. The van der Waals surface area contributed by atoms with Crippen molar-refractivity contribution in [3.63, 3.8) is 0 Å². The Labute approximate surface area is 649 Å². The van der Waals surface area contributed by atoms with Crippen LogP contribution in [0.15, 0.2) is 219 Å². The Morgan fingerprint density at radius 3 is 0.941 bits per heavy atom. The van der Waals surface area contributed by atoms with Gasteiger partial charge in [-0.2, -0.15) is 0 Å². The summed E-state index contributed by atoms with van der Waals surface area (Å²) in [5.74, 6) is -1.04. The lowest BCUT2D eigenvalue weighted by atomic mass is 9.87. The van der Waals surface area contributed by atoms with Gasteiger partial charge in [-0.25, -0.2) is 18.3 Å². The number of hydrogen-bond acceptors (Lipinski definition) is 0. The van der Waals surface area contributed by atoms with Gasteiger partial charge in [0.2, 0.25) is 22.8 Å². The topological polar surface area (TPSA) is 15.5 Å². The van der Waals surface area contributed by atoms with E-state index in [2.05, 4.69) is 0 Å². The fourth-order valence-electron chi connectivity index (χ4n) is 12.4. The molecule has 0 aliphatic rings. The predicted octanol–water partition coefficient (Wildman–Crippen LogP) is 23.3. The van der Waals surface area contributed by atoms with Gasteiger partial charge in [0.1, 0.15) is 28.2 Å². The smallest absolute Gasteiger partial charge is 0.201 e. The molecule has 8 aromatic carbocycles. The molecule has 12 aromatic rings. The molecule has 518 valence electrons. The molecule has 0 amide bonds. The molecule has 4 nitrogen and oxygen atoms in total. The lowest BCUT2D eigenvalue weighted by Gasteiger charge is -2.18. The highest BCUT2D eigenvalue weighted by Crippen LogP contribution is 2.38. The Morgan fingerprint density at radius 1 is 0.317 bits per heavy atom. The number of aryl methyl sites for hydroxylation is 17. The van der Waals surface area contributed by atoms with E-state index >= 15 is 0 Å². The summed E-state index contributed by atoms with van der Waals surface area (Å²) in [4.78, 5) is 0. The van der Waals surface area contributed by atoms with Crippen LogP contribution < -0.4 is 18.3 Å². The van der Waals surface area contributed by atoms with Crippen molar-refractivity contribution in [2.45, 2.75) is 157 Å². The molecule has 0 fully saturated rings. The summed E-state index contributed by atoms with van der Waals surface area (Å²) in [7, 11) is 7.52. The number of benzene rings is 8. The minimum atomic E-state index is -2.45. The molecule has 0 aliphatic heterocycles. The van der Waals surface area contributed by atoms with Crippen LogP contribution in [0.1, 0.15) is 183 Å². The molecule has 0 saturated carbocycles. The van der Waals surface area contributed by atoms with Gasteiger partial charge in [-0.1, -0.05) is 170 Å². The third-order valence-corrected chi connectivity index (χ3v) is 17.7. The lowest BCUT2D eigenvalue weighted by Crippen LogP contribution is -2.31. The molecule has 4 heterocycles. The van der Waals surface area contributed by atoms with Crippen molar-refractivity contribution in [2.75, 3.05) is 0 Å². The second-order valence-corrected chi connectivity index (χ2v) is 27.6. The van der Waals surface area contributed by atoms with Gasteiger partial charge in [0.15, 0.2) is 24.8 Å². The third-order valence-electron chi connectivity index (χ3n) is 17.7. The van der Waals surface area contributed by atoms with Gasteiger partial charge in [0.05, 0.1) is 0 Å². The predicted molar refractivity (Wildman–Crippen MR) is 431 cm³/mol. The van der Waals surface area contributed by atoms with Gasteiger partial charge in [0.25, 0.3) is 0 Å². The van der Waals surface area contributed by atoms with Crippen molar-refractivity contribution in [3.05, 3.63) is 308 Å². The lowest BCUT2D eigenvalue weighted by molar-refractivity contribution is -0.660. The van der Waals surface area contributed by atoms with Gasteiger partial charge in [-0.05, 0) is 277 Å².